The lowest BCUT2D eigenvalue weighted by atomic mass is 9.95. The number of ether oxygens (including phenoxy) is 1. The first kappa shape index (κ1) is 25.0. The van der Waals surface area contributed by atoms with Crippen molar-refractivity contribution in [3.8, 4) is 0 Å². The Bertz CT molecular complexity index is 588. The molecule has 12 heteroatoms. The minimum absolute atomic E-state index is 0.0521. The molecule has 5 nitrogen and oxygen atoms in total. The highest BCUT2D eigenvalue weighted by atomic mass is 32.2. The van der Waals surface area contributed by atoms with E-state index in [0.717, 1.165) is 25.7 Å². The summed E-state index contributed by atoms with van der Waals surface area (Å²) < 4.78 is 114. The monoisotopic (exact) mass is 442 g/mol. The molecule has 0 aromatic heterocycles. The summed E-state index contributed by atoms with van der Waals surface area (Å²) in [6.07, 6.45) is -6.62. The highest BCUT2D eigenvalue weighted by molar-refractivity contribution is 7.85. The van der Waals surface area contributed by atoms with Gasteiger partial charge in [-0.05, 0) is 12.8 Å². The number of rotatable bonds is 4. The van der Waals surface area contributed by atoms with Gasteiger partial charge >= 0.3 is 23.9 Å². The summed E-state index contributed by atoms with van der Waals surface area (Å²) >= 11 is 0. The minimum Gasteiger partial charge on any atom is -0.438 e. The fourth-order valence-electron chi connectivity index (χ4n) is 3.20. The zero-order valence-corrected chi connectivity index (χ0v) is 15.9. The Morgan fingerprint density at radius 3 is 1.50 bits per heavy atom. The van der Waals surface area contributed by atoms with Gasteiger partial charge in [0.25, 0.3) is 10.1 Å². The second-order valence-corrected chi connectivity index (χ2v) is 8.53. The molecule has 1 rings (SSSR count). The summed E-state index contributed by atoms with van der Waals surface area (Å²) in [5.41, 5.74) is -5.32. The van der Waals surface area contributed by atoms with Crippen molar-refractivity contribution in [2.75, 3.05) is 5.75 Å². The van der Waals surface area contributed by atoms with Crippen molar-refractivity contribution in [3.63, 3.8) is 0 Å². The molecule has 1 aliphatic rings. The number of hydrogen-bond donors (Lipinski definition) is 1. The quantitative estimate of drug-likeness (QED) is 0.384. The highest BCUT2D eigenvalue weighted by Gasteiger charge is 2.76. The van der Waals surface area contributed by atoms with Crippen LogP contribution in [0.3, 0.4) is 0 Å². The van der Waals surface area contributed by atoms with Gasteiger partial charge in [-0.1, -0.05) is 51.4 Å². The van der Waals surface area contributed by atoms with Crippen LogP contribution in [0.5, 0.6) is 0 Å². The standard InChI is InChI=1S/C16H24F6O5S/c17-15(18,19)14(16(20,21)22,11-28(24,25)26)27-13(23)12-9-7-5-3-1-2-4-6-8-10-12/h12H,1-11H2,(H,24,25,26). The van der Waals surface area contributed by atoms with E-state index < -0.39 is 45.7 Å². The maximum atomic E-state index is 13.3. The molecule has 0 aliphatic heterocycles. The first-order chi connectivity index (χ1) is 12.7. The van der Waals surface area contributed by atoms with Crippen molar-refractivity contribution < 1.29 is 48.8 Å². The lowest BCUT2D eigenvalue weighted by Crippen LogP contribution is -2.63. The molecule has 0 amide bonds. The van der Waals surface area contributed by atoms with Crippen LogP contribution in [0, 0.1) is 5.92 Å². The number of halogens is 6. The second kappa shape index (κ2) is 9.64. The van der Waals surface area contributed by atoms with Gasteiger partial charge in [-0.15, -0.1) is 0 Å². The fraction of sp³-hybridized carbons (Fsp3) is 0.938. The van der Waals surface area contributed by atoms with E-state index in [1.807, 2.05) is 0 Å². The van der Waals surface area contributed by atoms with E-state index in [4.69, 9.17) is 4.55 Å². The number of esters is 1. The van der Waals surface area contributed by atoms with Crippen LogP contribution < -0.4 is 0 Å². The van der Waals surface area contributed by atoms with Crippen LogP contribution in [0.2, 0.25) is 0 Å². The van der Waals surface area contributed by atoms with Crippen LogP contribution >= 0.6 is 0 Å². The summed E-state index contributed by atoms with van der Waals surface area (Å²) in [6, 6.07) is 0. The van der Waals surface area contributed by atoms with Crippen LogP contribution in [0.25, 0.3) is 0 Å². The molecule has 0 aromatic rings. The second-order valence-electron chi connectivity index (χ2n) is 7.07. The molecule has 28 heavy (non-hydrogen) atoms. The predicted molar refractivity (Wildman–Crippen MR) is 87.0 cm³/mol. The Morgan fingerprint density at radius 2 is 1.18 bits per heavy atom. The Labute approximate surface area is 159 Å². The van der Waals surface area contributed by atoms with E-state index in [1.54, 1.807) is 0 Å². The molecule has 0 bridgehead atoms. The zero-order chi connectivity index (χ0) is 21.6. The third kappa shape index (κ3) is 7.09. The third-order valence-corrected chi connectivity index (χ3v) is 5.54. The van der Waals surface area contributed by atoms with Crippen molar-refractivity contribution >= 4 is 16.1 Å². The Hall–Kier alpha value is -1.04. The largest absolute Gasteiger partial charge is 0.438 e. The van der Waals surface area contributed by atoms with Gasteiger partial charge in [0.2, 0.25) is 0 Å². The summed E-state index contributed by atoms with van der Waals surface area (Å²) in [4.78, 5) is 12.2. The summed E-state index contributed by atoms with van der Waals surface area (Å²) in [5.74, 6) is -5.80. The molecule has 1 N–H and O–H groups in total. The molecule has 0 atom stereocenters. The Kier molecular flexibility index (Phi) is 8.61. The summed E-state index contributed by atoms with van der Waals surface area (Å²) in [5, 5.41) is 0. The lowest BCUT2D eigenvalue weighted by Gasteiger charge is -2.36. The first-order valence-corrected chi connectivity index (χ1v) is 10.6. The summed E-state index contributed by atoms with van der Waals surface area (Å²) in [7, 11) is -5.77. The molecule has 0 saturated heterocycles. The van der Waals surface area contributed by atoms with Crippen LogP contribution in [-0.2, 0) is 19.6 Å². The molecule has 0 radical (unpaired) electrons. The van der Waals surface area contributed by atoms with Crippen molar-refractivity contribution in [1.29, 1.82) is 0 Å². The number of hydrogen-bond acceptors (Lipinski definition) is 4. The van der Waals surface area contributed by atoms with Crippen LogP contribution in [0.1, 0.15) is 64.2 Å². The molecular weight excluding hydrogens is 418 g/mol. The van der Waals surface area contributed by atoms with Crippen LogP contribution in [0.15, 0.2) is 0 Å². The molecule has 166 valence electrons. The maximum Gasteiger partial charge on any atom is 0.438 e. The molecular formula is C16H24F6O5S. The number of carbonyl (C=O) groups excluding carboxylic acids is 1. The van der Waals surface area contributed by atoms with E-state index >= 15 is 0 Å². The normalized spacial score (nSPS) is 19.7. The van der Waals surface area contributed by atoms with E-state index in [-0.39, 0.29) is 12.8 Å². The lowest BCUT2D eigenvalue weighted by molar-refractivity contribution is -0.362. The smallest absolute Gasteiger partial charge is 0.438 e. The zero-order valence-electron chi connectivity index (χ0n) is 15.1. The SMILES string of the molecule is O=C(OC(CS(=O)(=O)O)(C(F)(F)F)C(F)(F)F)C1CCCCCCCCCC1. The number of alkyl halides is 6. The van der Waals surface area contributed by atoms with Crippen molar-refractivity contribution in [1.82, 2.24) is 0 Å². The Morgan fingerprint density at radius 1 is 0.821 bits per heavy atom. The van der Waals surface area contributed by atoms with E-state index in [1.165, 1.54) is 0 Å². The molecule has 0 heterocycles. The van der Waals surface area contributed by atoms with E-state index in [0.29, 0.717) is 25.7 Å². The highest BCUT2D eigenvalue weighted by Crippen LogP contribution is 2.47. The van der Waals surface area contributed by atoms with Gasteiger partial charge in [-0.2, -0.15) is 34.8 Å². The first-order valence-electron chi connectivity index (χ1n) is 9.01. The van der Waals surface area contributed by atoms with Crippen LogP contribution in [0.4, 0.5) is 26.3 Å². The van der Waals surface area contributed by atoms with Gasteiger partial charge in [0.15, 0.2) is 0 Å². The molecule has 1 saturated carbocycles. The maximum absolute atomic E-state index is 13.3. The number of carbonyl (C=O) groups is 1. The molecule has 1 aliphatic carbocycles. The van der Waals surface area contributed by atoms with Crippen molar-refractivity contribution in [2.24, 2.45) is 5.92 Å². The topological polar surface area (TPSA) is 80.7 Å². The van der Waals surface area contributed by atoms with Gasteiger partial charge in [-0.25, -0.2) is 0 Å². The van der Waals surface area contributed by atoms with Gasteiger partial charge in [0.05, 0.1) is 5.92 Å². The summed E-state index contributed by atoms with van der Waals surface area (Å²) in [6.45, 7) is 0. The van der Waals surface area contributed by atoms with Gasteiger partial charge in [0, 0.05) is 0 Å². The molecule has 0 aromatic carbocycles. The predicted octanol–water partition coefficient (Wildman–Crippen LogP) is 4.81. The average Bonchev–Trinajstić information content (AvgIpc) is 2.55. The van der Waals surface area contributed by atoms with Crippen LogP contribution in [-0.4, -0.2) is 42.6 Å². The van der Waals surface area contributed by atoms with Gasteiger partial charge in [-0.3, -0.25) is 9.35 Å². The average molecular weight is 442 g/mol. The van der Waals surface area contributed by atoms with E-state index in [2.05, 4.69) is 4.74 Å². The molecule has 0 spiro atoms. The Balaban J connectivity index is 3.15. The minimum atomic E-state index is -6.29. The molecule has 1 fully saturated rings. The van der Waals surface area contributed by atoms with Gasteiger partial charge in [0.1, 0.15) is 5.75 Å². The third-order valence-electron chi connectivity index (χ3n) is 4.76. The molecule has 0 unspecified atom stereocenters. The van der Waals surface area contributed by atoms with Crippen molar-refractivity contribution in [3.05, 3.63) is 0 Å². The fourth-order valence-corrected chi connectivity index (χ4v) is 4.10. The van der Waals surface area contributed by atoms with Crippen molar-refractivity contribution in [2.45, 2.75) is 82.2 Å². The van der Waals surface area contributed by atoms with E-state index in [9.17, 15) is 39.6 Å². The van der Waals surface area contributed by atoms with Gasteiger partial charge < -0.3 is 4.74 Å².